The van der Waals surface area contributed by atoms with Crippen molar-refractivity contribution in [3.05, 3.63) is 35.9 Å². The van der Waals surface area contributed by atoms with Crippen molar-refractivity contribution in [2.75, 3.05) is 13.1 Å². The second-order valence-electron chi connectivity index (χ2n) is 4.82. The van der Waals surface area contributed by atoms with Gasteiger partial charge in [-0.05, 0) is 18.5 Å². The molecule has 0 unspecified atom stereocenters. The Morgan fingerprint density at radius 2 is 1.88 bits per heavy atom. The molecule has 0 fully saturated rings. The molecule has 0 spiro atoms. The van der Waals surface area contributed by atoms with Crippen molar-refractivity contribution in [1.29, 1.82) is 0 Å². The van der Waals surface area contributed by atoms with E-state index >= 15 is 0 Å². The maximum Gasteiger partial charge on any atom is 0.149 e. The van der Waals surface area contributed by atoms with Crippen molar-refractivity contribution >= 4 is 5.78 Å². The number of rotatable bonds is 7. The molecule has 1 rings (SSSR count). The van der Waals surface area contributed by atoms with E-state index in [1.807, 2.05) is 32.0 Å². The number of Topliss-reactive ketones (excluding diaryl/α,β-unsaturated/α-hetero) is 1. The van der Waals surface area contributed by atoms with Gasteiger partial charge in [0.15, 0.2) is 0 Å². The van der Waals surface area contributed by atoms with Crippen LogP contribution in [0.3, 0.4) is 0 Å². The van der Waals surface area contributed by atoms with E-state index in [1.165, 1.54) is 5.56 Å². The van der Waals surface area contributed by atoms with Crippen molar-refractivity contribution in [1.82, 2.24) is 4.90 Å². The molecule has 1 aromatic rings. The Bertz CT molecular complexity index is 332. The van der Waals surface area contributed by atoms with Gasteiger partial charge >= 0.3 is 0 Å². The summed E-state index contributed by atoms with van der Waals surface area (Å²) in [5.74, 6) is 0.458. The summed E-state index contributed by atoms with van der Waals surface area (Å²) in [5, 5.41) is 0. The number of carbonyl (C=O) groups excluding carboxylic acids is 1. The summed E-state index contributed by atoms with van der Waals surface area (Å²) in [4.78, 5) is 14.0. The molecular formula is C15H23NO. The third-order valence-electron chi connectivity index (χ3n) is 2.81. The zero-order valence-corrected chi connectivity index (χ0v) is 11.1. The van der Waals surface area contributed by atoms with Crippen molar-refractivity contribution in [2.45, 2.75) is 33.7 Å². The van der Waals surface area contributed by atoms with Crippen molar-refractivity contribution in [3.8, 4) is 0 Å². The highest BCUT2D eigenvalue weighted by molar-refractivity contribution is 5.82. The zero-order chi connectivity index (χ0) is 12.7. The monoisotopic (exact) mass is 233 g/mol. The third-order valence-corrected chi connectivity index (χ3v) is 2.81. The molecule has 0 aliphatic heterocycles. The van der Waals surface area contributed by atoms with Gasteiger partial charge in [-0.1, -0.05) is 51.1 Å². The quantitative estimate of drug-likeness (QED) is 0.721. The van der Waals surface area contributed by atoms with Crippen LogP contribution in [-0.4, -0.2) is 23.8 Å². The normalized spacial score (nSPS) is 11.1. The smallest absolute Gasteiger partial charge is 0.149 e. The van der Waals surface area contributed by atoms with E-state index in [-0.39, 0.29) is 5.92 Å². The molecule has 2 nitrogen and oxygen atoms in total. The number of ketones is 1. The second-order valence-corrected chi connectivity index (χ2v) is 4.82. The summed E-state index contributed by atoms with van der Waals surface area (Å²) in [7, 11) is 0. The number of hydrogen-bond donors (Lipinski definition) is 0. The molecule has 2 heteroatoms. The fourth-order valence-electron chi connectivity index (χ4n) is 1.77. The summed E-state index contributed by atoms with van der Waals surface area (Å²) in [6.07, 6.45) is 1.08. The molecule has 0 aliphatic carbocycles. The molecule has 0 heterocycles. The average molecular weight is 233 g/mol. The minimum absolute atomic E-state index is 0.130. The molecule has 0 atom stereocenters. The minimum Gasteiger partial charge on any atom is -0.298 e. The van der Waals surface area contributed by atoms with Crippen LogP contribution in [0.15, 0.2) is 30.3 Å². The highest BCUT2D eigenvalue weighted by atomic mass is 16.1. The Kier molecular flexibility index (Phi) is 5.92. The third kappa shape index (κ3) is 5.14. The van der Waals surface area contributed by atoms with E-state index in [0.29, 0.717) is 12.3 Å². The van der Waals surface area contributed by atoms with E-state index in [4.69, 9.17) is 0 Å². The lowest BCUT2D eigenvalue weighted by atomic mass is 10.1. The van der Waals surface area contributed by atoms with Gasteiger partial charge in [0.25, 0.3) is 0 Å². The molecular weight excluding hydrogens is 210 g/mol. The fourth-order valence-corrected chi connectivity index (χ4v) is 1.77. The van der Waals surface area contributed by atoms with Crippen LogP contribution in [0, 0.1) is 5.92 Å². The molecule has 0 amide bonds. The zero-order valence-electron chi connectivity index (χ0n) is 11.1. The lowest BCUT2D eigenvalue weighted by Crippen LogP contribution is -2.32. The van der Waals surface area contributed by atoms with Gasteiger partial charge in [0.05, 0.1) is 6.54 Å². The number of carbonyl (C=O) groups is 1. The Hall–Kier alpha value is -1.15. The molecule has 0 aromatic heterocycles. The van der Waals surface area contributed by atoms with Gasteiger partial charge in [-0.25, -0.2) is 0 Å². The SMILES string of the molecule is CCCN(CC(=O)C(C)C)Cc1ccccc1. The predicted octanol–water partition coefficient (Wildman–Crippen LogP) is 3.12. The molecule has 17 heavy (non-hydrogen) atoms. The second kappa shape index (κ2) is 7.23. The van der Waals surface area contributed by atoms with Crippen LogP contribution in [0.2, 0.25) is 0 Å². The van der Waals surface area contributed by atoms with Gasteiger partial charge < -0.3 is 0 Å². The summed E-state index contributed by atoms with van der Waals surface area (Å²) in [6, 6.07) is 10.3. The lowest BCUT2D eigenvalue weighted by Gasteiger charge is -2.21. The summed E-state index contributed by atoms with van der Waals surface area (Å²) in [6.45, 7) is 8.50. The van der Waals surface area contributed by atoms with E-state index < -0.39 is 0 Å². The molecule has 0 N–H and O–H groups in total. The summed E-state index contributed by atoms with van der Waals surface area (Å²) < 4.78 is 0. The average Bonchev–Trinajstić information content (AvgIpc) is 2.30. The van der Waals surface area contributed by atoms with Crippen molar-refractivity contribution in [3.63, 3.8) is 0 Å². The first-order chi connectivity index (χ1) is 8.13. The van der Waals surface area contributed by atoms with E-state index in [2.05, 4.69) is 24.0 Å². The van der Waals surface area contributed by atoms with E-state index in [0.717, 1.165) is 19.5 Å². The van der Waals surface area contributed by atoms with Crippen LogP contribution in [0.1, 0.15) is 32.8 Å². The summed E-state index contributed by atoms with van der Waals surface area (Å²) in [5.41, 5.74) is 1.28. The number of benzene rings is 1. The highest BCUT2D eigenvalue weighted by Crippen LogP contribution is 2.06. The fraction of sp³-hybridized carbons (Fsp3) is 0.533. The van der Waals surface area contributed by atoms with Crippen LogP contribution >= 0.6 is 0 Å². The molecule has 0 saturated carbocycles. The summed E-state index contributed by atoms with van der Waals surface area (Å²) >= 11 is 0. The van der Waals surface area contributed by atoms with Gasteiger partial charge in [0, 0.05) is 12.5 Å². The first-order valence-corrected chi connectivity index (χ1v) is 6.42. The molecule has 0 radical (unpaired) electrons. The van der Waals surface area contributed by atoms with Crippen LogP contribution in [0.5, 0.6) is 0 Å². The van der Waals surface area contributed by atoms with Gasteiger partial charge in [0.1, 0.15) is 5.78 Å². The van der Waals surface area contributed by atoms with Crippen LogP contribution in [0.4, 0.5) is 0 Å². The van der Waals surface area contributed by atoms with Gasteiger partial charge in [-0.3, -0.25) is 9.69 Å². The van der Waals surface area contributed by atoms with Crippen molar-refractivity contribution in [2.24, 2.45) is 5.92 Å². The standard InChI is InChI=1S/C15H23NO/c1-4-10-16(12-15(17)13(2)3)11-14-8-6-5-7-9-14/h5-9,13H,4,10-12H2,1-3H3. The molecule has 0 aliphatic rings. The number of hydrogen-bond acceptors (Lipinski definition) is 2. The van der Waals surface area contributed by atoms with Crippen LogP contribution < -0.4 is 0 Å². The molecule has 1 aromatic carbocycles. The lowest BCUT2D eigenvalue weighted by molar-refractivity contribution is -0.123. The highest BCUT2D eigenvalue weighted by Gasteiger charge is 2.13. The first-order valence-electron chi connectivity index (χ1n) is 6.42. The van der Waals surface area contributed by atoms with Gasteiger partial charge in [0.2, 0.25) is 0 Å². The predicted molar refractivity (Wildman–Crippen MR) is 71.9 cm³/mol. The molecule has 94 valence electrons. The Morgan fingerprint density at radius 3 is 2.41 bits per heavy atom. The Morgan fingerprint density at radius 1 is 1.24 bits per heavy atom. The maximum atomic E-state index is 11.8. The largest absolute Gasteiger partial charge is 0.298 e. The molecule has 0 bridgehead atoms. The maximum absolute atomic E-state index is 11.8. The minimum atomic E-state index is 0.130. The number of nitrogens with zero attached hydrogens (tertiary/aromatic N) is 1. The van der Waals surface area contributed by atoms with Crippen LogP contribution in [-0.2, 0) is 11.3 Å². The first kappa shape index (κ1) is 13.9. The van der Waals surface area contributed by atoms with Gasteiger partial charge in [-0.2, -0.15) is 0 Å². The van der Waals surface area contributed by atoms with Gasteiger partial charge in [-0.15, -0.1) is 0 Å². The Labute approximate surface area is 105 Å². The topological polar surface area (TPSA) is 20.3 Å². The van der Waals surface area contributed by atoms with E-state index in [9.17, 15) is 4.79 Å². The van der Waals surface area contributed by atoms with Crippen molar-refractivity contribution < 1.29 is 4.79 Å². The van der Waals surface area contributed by atoms with Crippen LogP contribution in [0.25, 0.3) is 0 Å². The van der Waals surface area contributed by atoms with E-state index in [1.54, 1.807) is 0 Å². The Balaban J connectivity index is 2.57. The molecule has 0 saturated heterocycles.